The molecule has 0 bridgehead atoms. The molecule has 1 atom stereocenters. The Hall–Kier alpha value is -1.79. The first-order valence-electron chi connectivity index (χ1n) is 9.21. The molecule has 26 heavy (non-hydrogen) atoms. The molecule has 2 aliphatic rings. The maximum absolute atomic E-state index is 12.7. The minimum atomic E-state index is -0.113. The fraction of sp³-hybridized carbons (Fsp3) is 0.579. The number of carbonyl (C=O) groups excluding carboxylic acids is 2. The van der Waals surface area contributed by atoms with Crippen LogP contribution in [0.3, 0.4) is 0 Å². The summed E-state index contributed by atoms with van der Waals surface area (Å²) in [5.74, 6) is 0.262. The standard InChI is InChI=1S/C19H26ClN3O3/c1-26-13-14-12-15(20)6-7-17(14)21-19(25)22-9-2-4-16(8-11-22)23-10-3-5-18(23)24/h6-7,12,16H,2-5,8-11,13H2,1H3,(H,21,25)/t16-/m0/s1. The Morgan fingerprint density at radius 3 is 2.85 bits per heavy atom. The predicted octanol–water partition coefficient (Wildman–Crippen LogP) is 3.50. The Morgan fingerprint density at radius 1 is 1.27 bits per heavy atom. The number of rotatable bonds is 4. The van der Waals surface area contributed by atoms with E-state index in [0.717, 1.165) is 43.5 Å². The Bertz CT molecular complexity index is 667. The van der Waals surface area contributed by atoms with Crippen LogP contribution in [0.25, 0.3) is 0 Å². The van der Waals surface area contributed by atoms with Crippen LogP contribution in [-0.2, 0) is 16.1 Å². The summed E-state index contributed by atoms with van der Waals surface area (Å²) in [4.78, 5) is 28.5. The molecule has 1 aromatic carbocycles. The Labute approximate surface area is 159 Å². The maximum Gasteiger partial charge on any atom is 0.321 e. The van der Waals surface area contributed by atoms with Gasteiger partial charge in [0.15, 0.2) is 0 Å². The molecule has 3 rings (SSSR count). The number of urea groups is 1. The zero-order chi connectivity index (χ0) is 18.5. The molecule has 2 heterocycles. The molecule has 2 fully saturated rings. The Kier molecular flexibility index (Phi) is 6.38. The SMILES string of the molecule is COCc1cc(Cl)ccc1NC(=O)N1CCC[C@H](N2CCCC2=O)CC1. The molecule has 1 N–H and O–H groups in total. The molecule has 0 aromatic heterocycles. The molecular formula is C19H26ClN3O3. The first-order valence-corrected chi connectivity index (χ1v) is 9.59. The first kappa shape index (κ1) is 19.0. The van der Waals surface area contributed by atoms with E-state index in [1.54, 1.807) is 25.3 Å². The summed E-state index contributed by atoms with van der Waals surface area (Å²) in [5, 5.41) is 3.59. The number of benzene rings is 1. The number of carbonyl (C=O) groups is 2. The number of amides is 3. The van der Waals surface area contributed by atoms with E-state index in [4.69, 9.17) is 16.3 Å². The van der Waals surface area contributed by atoms with Crippen LogP contribution in [0.4, 0.5) is 10.5 Å². The zero-order valence-corrected chi connectivity index (χ0v) is 15.9. The van der Waals surface area contributed by atoms with Crippen molar-refractivity contribution in [3.8, 4) is 0 Å². The lowest BCUT2D eigenvalue weighted by Gasteiger charge is -2.27. The molecular weight excluding hydrogens is 354 g/mol. The molecule has 1 aromatic rings. The summed E-state index contributed by atoms with van der Waals surface area (Å²) in [6, 6.07) is 5.52. The third-order valence-electron chi connectivity index (χ3n) is 5.14. The summed E-state index contributed by atoms with van der Waals surface area (Å²) in [5.41, 5.74) is 1.57. The van der Waals surface area contributed by atoms with Gasteiger partial charge in [0, 0.05) is 55.5 Å². The quantitative estimate of drug-likeness (QED) is 0.870. The van der Waals surface area contributed by atoms with Gasteiger partial charge in [0.1, 0.15) is 0 Å². The molecule has 6 nitrogen and oxygen atoms in total. The topological polar surface area (TPSA) is 61.9 Å². The predicted molar refractivity (Wildman–Crippen MR) is 101 cm³/mol. The van der Waals surface area contributed by atoms with Crippen LogP contribution in [-0.4, -0.2) is 54.5 Å². The normalized spacial score (nSPS) is 21.0. The second-order valence-corrected chi connectivity index (χ2v) is 7.36. The van der Waals surface area contributed by atoms with Gasteiger partial charge in [-0.1, -0.05) is 11.6 Å². The number of likely N-dealkylation sites (tertiary alicyclic amines) is 2. The highest BCUT2D eigenvalue weighted by molar-refractivity contribution is 6.30. The summed E-state index contributed by atoms with van der Waals surface area (Å²) >= 11 is 6.04. The minimum absolute atomic E-state index is 0.113. The van der Waals surface area contributed by atoms with Crippen molar-refractivity contribution >= 4 is 29.2 Å². The van der Waals surface area contributed by atoms with Crippen molar-refractivity contribution in [2.24, 2.45) is 0 Å². The molecule has 3 amide bonds. The van der Waals surface area contributed by atoms with Crippen molar-refractivity contribution in [3.05, 3.63) is 28.8 Å². The van der Waals surface area contributed by atoms with Gasteiger partial charge in [-0.25, -0.2) is 4.79 Å². The van der Waals surface area contributed by atoms with Gasteiger partial charge in [0.05, 0.1) is 6.61 Å². The smallest absolute Gasteiger partial charge is 0.321 e. The van der Waals surface area contributed by atoms with Gasteiger partial charge in [-0.15, -0.1) is 0 Å². The molecule has 7 heteroatoms. The average molecular weight is 380 g/mol. The van der Waals surface area contributed by atoms with E-state index >= 15 is 0 Å². The van der Waals surface area contributed by atoms with Crippen LogP contribution in [0, 0.1) is 0 Å². The summed E-state index contributed by atoms with van der Waals surface area (Å²) in [6.07, 6.45) is 4.33. The number of methoxy groups -OCH3 is 1. The van der Waals surface area contributed by atoms with Crippen molar-refractivity contribution in [3.63, 3.8) is 0 Å². The van der Waals surface area contributed by atoms with Gasteiger partial charge in [0.25, 0.3) is 0 Å². The van der Waals surface area contributed by atoms with Crippen LogP contribution >= 0.6 is 11.6 Å². The van der Waals surface area contributed by atoms with E-state index in [0.29, 0.717) is 31.1 Å². The van der Waals surface area contributed by atoms with Crippen molar-refractivity contribution < 1.29 is 14.3 Å². The highest BCUT2D eigenvalue weighted by atomic mass is 35.5. The third kappa shape index (κ3) is 4.48. The van der Waals surface area contributed by atoms with Crippen molar-refractivity contribution in [2.75, 3.05) is 32.1 Å². The number of halogens is 1. The average Bonchev–Trinajstić information content (AvgIpc) is 2.90. The lowest BCUT2D eigenvalue weighted by Crippen LogP contribution is -2.39. The highest BCUT2D eigenvalue weighted by Gasteiger charge is 2.30. The second kappa shape index (κ2) is 8.73. The van der Waals surface area contributed by atoms with Gasteiger partial charge in [0.2, 0.25) is 5.91 Å². The molecule has 2 aliphatic heterocycles. The molecule has 2 saturated heterocycles. The van der Waals surface area contributed by atoms with Crippen molar-refractivity contribution in [1.29, 1.82) is 0 Å². The van der Waals surface area contributed by atoms with Gasteiger partial charge >= 0.3 is 6.03 Å². The second-order valence-electron chi connectivity index (χ2n) is 6.93. The molecule has 0 saturated carbocycles. The van der Waals surface area contributed by atoms with Crippen molar-refractivity contribution in [2.45, 2.75) is 44.8 Å². The number of nitrogens with one attached hydrogen (secondary N) is 1. The molecule has 0 radical (unpaired) electrons. The molecule has 0 aliphatic carbocycles. The molecule has 0 spiro atoms. The zero-order valence-electron chi connectivity index (χ0n) is 15.2. The lowest BCUT2D eigenvalue weighted by atomic mass is 10.1. The van der Waals surface area contributed by atoms with Crippen LogP contribution in [0.1, 0.15) is 37.7 Å². The van der Waals surface area contributed by atoms with Crippen LogP contribution in [0.2, 0.25) is 5.02 Å². The molecule has 0 unspecified atom stereocenters. The monoisotopic (exact) mass is 379 g/mol. The number of hydrogen-bond acceptors (Lipinski definition) is 3. The van der Waals surface area contributed by atoms with E-state index < -0.39 is 0 Å². The maximum atomic E-state index is 12.7. The van der Waals surface area contributed by atoms with E-state index in [2.05, 4.69) is 5.32 Å². The highest BCUT2D eigenvalue weighted by Crippen LogP contribution is 2.24. The number of nitrogens with zero attached hydrogens (tertiary/aromatic N) is 2. The third-order valence-corrected chi connectivity index (χ3v) is 5.38. The van der Waals surface area contributed by atoms with E-state index in [1.807, 2.05) is 9.80 Å². The number of ether oxygens (including phenoxy) is 1. The largest absolute Gasteiger partial charge is 0.380 e. The summed E-state index contributed by atoms with van der Waals surface area (Å²) in [7, 11) is 1.61. The molecule has 142 valence electrons. The van der Waals surface area contributed by atoms with Crippen LogP contribution in [0.15, 0.2) is 18.2 Å². The fourth-order valence-corrected chi connectivity index (χ4v) is 4.00. The van der Waals surface area contributed by atoms with Gasteiger partial charge < -0.3 is 19.9 Å². The van der Waals surface area contributed by atoms with E-state index in [9.17, 15) is 9.59 Å². The Balaban J connectivity index is 1.61. The number of anilines is 1. The minimum Gasteiger partial charge on any atom is -0.380 e. The van der Waals surface area contributed by atoms with Crippen LogP contribution in [0.5, 0.6) is 0 Å². The fourth-order valence-electron chi connectivity index (χ4n) is 3.80. The summed E-state index contributed by atoms with van der Waals surface area (Å²) < 4.78 is 5.19. The first-order chi connectivity index (χ1) is 12.6. The van der Waals surface area contributed by atoms with Crippen molar-refractivity contribution in [1.82, 2.24) is 9.80 Å². The summed E-state index contributed by atoms with van der Waals surface area (Å²) in [6.45, 7) is 2.61. The van der Waals surface area contributed by atoms with E-state index in [-0.39, 0.29) is 18.0 Å². The van der Waals surface area contributed by atoms with Gasteiger partial charge in [-0.05, 0) is 43.9 Å². The van der Waals surface area contributed by atoms with Crippen LogP contribution < -0.4 is 5.32 Å². The van der Waals surface area contributed by atoms with E-state index in [1.165, 1.54) is 0 Å². The Morgan fingerprint density at radius 2 is 2.12 bits per heavy atom. The van der Waals surface area contributed by atoms with Gasteiger partial charge in [-0.3, -0.25) is 4.79 Å². The lowest BCUT2D eigenvalue weighted by molar-refractivity contribution is -0.129. The number of hydrogen-bond donors (Lipinski definition) is 1. The van der Waals surface area contributed by atoms with Gasteiger partial charge in [-0.2, -0.15) is 0 Å².